The van der Waals surface area contributed by atoms with E-state index in [1.807, 2.05) is 30.5 Å². The molecule has 1 aromatic heterocycles. The highest BCUT2D eigenvalue weighted by Gasteiger charge is 2.32. The predicted molar refractivity (Wildman–Crippen MR) is 89.8 cm³/mol. The largest absolute Gasteiger partial charge is 0.381 e. The fourth-order valence-corrected chi connectivity index (χ4v) is 3.15. The first kappa shape index (κ1) is 17.0. The summed E-state index contributed by atoms with van der Waals surface area (Å²) in [6, 6.07) is 7.71. The van der Waals surface area contributed by atoms with Gasteiger partial charge in [-0.25, -0.2) is 4.39 Å². The zero-order valence-corrected chi connectivity index (χ0v) is 14.5. The van der Waals surface area contributed by atoms with Crippen LogP contribution in [0.1, 0.15) is 44.4 Å². The van der Waals surface area contributed by atoms with Gasteiger partial charge in [0.25, 0.3) is 0 Å². The smallest absolute Gasteiger partial charge is 0.149 e. The minimum Gasteiger partial charge on any atom is -0.381 e. The van der Waals surface area contributed by atoms with Crippen LogP contribution in [-0.2, 0) is 11.0 Å². The summed E-state index contributed by atoms with van der Waals surface area (Å²) >= 11 is 1.38. The predicted octanol–water partition coefficient (Wildman–Crippen LogP) is 4.50. The van der Waals surface area contributed by atoms with Crippen LogP contribution in [0.25, 0.3) is 0 Å². The number of nitrogens with zero attached hydrogens (tertiary/aromatic N) is 1. The lowest BCUT2D eigenvalue weighted by Gasteiger charge is -2.28. The van der Waals surface area contributed by atoms with Crippen molar-refractivity contribution < 1.29 is 9.50 Å². The molecule has 2 nitrogen and oxygen atoms in total. The first-order valence-corrected chi connectivity index (χ1v) is 8.41. The molecule has 1 unspecified atom stereocenters. The second-order valence-corrected chi connectivity index (χ2v) is 7.45. The van der Waals surface area contributed by atoms with Crippen molar-refractivity contribution in [2.24, 2.45) is 0 Å². The van der Waals surface area contributed by atoms with E-state index in [0.717, 1.165) is 6.20 Å². The maximum Gasteiger partial charge on any atom is 0.149 e. The van der Waals surface area contributed by atoms with E-state index >= 15 is 0 Å². The standard InChI is InChI=1S/C18H22FNOS/c1-17(2,3)12-6-8-13(9-7-12)18(4,21)16-14(19)10-20-11-15(16)22-5/h6-11,21H,1-5H3. The van der Waals surface area contributed by atoms with Crippen LogP contribution in [0.2, 0.25) is 0 Å². The molecule has 0 spiro atoms. The minimum atomic E-state index is -1.40. The van der Waals surface area contributed by atoms with E-state index in [-0.39, 0.29) is 11.0 Å². The van der Waals surface area contributed by atoms with Crippen LogP contribution >= 0.6 is 11.8 Å². The number of hydrogen-bond acceptors (Lipinski definition) is 3. The van der Waals surface area contributed by atoms with Gasteiger partial charge in [-0.05, 0) is 29.7 Å². The molecule has 0 fully saturated rings. The number of aliphatic hydroxyl groups is 1. The van der Waals surface area contributed by atoms with E-state index in [4.69, 9.17) is 0 Å². The van der Waals surface area contributed by atoms with Gasteiger partial charge in [0.2, 0.25) is 0 Å². The van der Waals surface area contributed by atoms with Gasteiger partial charge >= 0.3 is 0 Å². The lowest BCUT2D eigenvalue weighted by Crippen LogP contribution is -2.26. The number of pyridine rings is 1. The van der Waals surface area contributed by atoms with E-state index in [1.165, 1.54) is 17.3 Å². The second-order valence-electron chi connectivity index (χ2n) is 6.60. The molecular weight excluding hydrogens is 297 g/mol. The van der Waals surface area contributed by atoms with Crippen molar-refractivity contribution in [2.45, 2.75) is 43.6 Å². The van der Waals surface area contributed by atoms with Crippen LogP contribution in [0.15, 0.2) is 41.6 Å². The molecule has 1 aromatic carbocycles. The summed E-state index contributed by atoms with van der Waals surface area (Å²) in [7, 11) is 0. The maximum absolute atomic E-state index is 14.3. The Morgan fingerprint density at radius 2 is 1.55 bits per heavy atom. The van der Waals surface area contributed by atoms with Crippen LogP contribution in [0.4, 0.5) is 4.39 Å². The Morgan fingerprint density at radius 1 is 1.00 bits per heavy atom. The van der Waals surface area contributed by atoms with E-state index in [2.05, 4.69) is 25.8 Å². The average Bonchev–Trinajstić information content (AvgIpc) is 2.45. The third-order valence-electron chi connectivity index (χ3n) is 3.88. The molecule has 0 amide bonds. The van der Waals surface area contributed by atoms with Gasteiger partial charge in [0.05, 0.1) is 6.20 Å². The van der Waals surface area contributed by atoms with Crippen molar-refractivity contribution in [1.82, 2.24) is 4.98 Å². The molecule has 2 rings (SSSR count). The number of halogens is 1. The molecule has 0 aliphatic rings. The van der Waals surface area contributed by atoms with Crippen LogP contribution in [0.3, 0.4) is 0 Å². The van der Waals surface area contributed by atoms with Gasteiger partial charge in [0, 0.05) is 16.7 Å². The SMILES string of the molecule is CSc1cncc(F)c1C(C)(O)c1ccc(C(C)(C)C)cc1. The van der Waals surface area contributed by atoms with Crippen LogP contribution in [-0.4, -0.2) is 16.3 Å². The topological polar surface area (TPSA) is 33.1 Å². The molecule has 0 saturated heterocycles. The number of benzene rings is 1. The maximum atomic E-state index is 14.3. The number of aromatic nitrogens is 1. The average molecular weight is 319 g/mol. The Balaban J connectivity index is 2.51. The minimum absolute atomic E-state index is 0.0384. The third kappa shape index (κ3) is 3.18. The lowest BCUT2D eigenvalue weighted by molar-refractivity contribution is 0.0946. The second kappa shape index (κ2) is 6.01. The highest BCUT2D eigenvalue weighted by Crippen LogP contribution is 2.37. The van der Waals surface area contributed by atoms with E-state index in [0.29, 0.717) is 10.5 Å². The highest BCUT2D eigenvalue weighted by atomic mass is 32.2. The Bertz CT molecular complexity index is 660. The summed E-state index contributed by atoms with van der Waals surface area (Å²) in [5.74, 6) is -0.489. The fraction of sp³-hybridized carbons (Fsp3) is 0.389. The third-order valence-corrected chi connectivity index (χ3v) is 4.63. The van der Waals surface area contributed by atoms with Gasteiger partial charge in [0.1, 0.15) is 11.4 Å². The van der Waals surface area contributed by atoms with Crippen molar-refractivity contribution >= 4 is 11.8 Å². The molecular formula is C18H22FNOS. The van der Waals surface area contributed by atoms with Crippen LogP contribution < -0.4 is 0 Å². The Hall–Kier alpha value is -1.39. The van der Waals surface area contributed by atoms with Crippen molar-refractivity contribution in [2.75, 3.05) is 6.26 Å². The summed E-state index contributed by atoms with van der Waals surface area (Å²) in [5, 5.41) is 11.0. The first-order valence-electron chi connectivity index (χ1n) is 7.19. The van der Waals surface area contributed by atoms with E-state index in [1.54, 1.807) is 13.1 Å². The van der Waals surface area contributed by atoms with Crippen molar-refractivity contribution in [3.63, 3.8) is 0 Å². The van der Waals surface area contributed by atoms with Crippen LogP contribution in [0, 0.1) is 5.82 Å². The molecule has 0 aliphatic heterocycles. The van der Waals surface area contributed by atoms with Gasteiger partial charge in [-0.1, -0.05) is 45.0 Å². The van der Waals surface area contributed by atoms with Gasteiger partial charge < -0.3 is 5.11 Å². The van der Waals surface area contributed by atoms with Crippen molar-refractivity contribution in [3.8, 4) is 0 Å². The van der Waals surface area contributed by atoms with Gasteiger partial charge in [-0.3, -0.25) is 4.98 Å². The molecule has 2 aromatic rings. The zero-order valence-electron chi connectivity index (χ0n) is 13.6. The number of thioether (sulfide) groups is 1. The first-order chi connectivity index (χ1) is 10.2. The monoisotopic (exact) mass is 319 g/mol. The number of hydrogen-bond donors (Lipinski definition) is 1. The molecule has 1 N–H and O–H groups in total. The fourth-order valence-electron chi connectivity index (χ4n) is 2.48. The molecule has 118 valence electrons. The van der Waals surface area contributed by atoms with Gasteiger partial charge in [-0.15, -0.1) is 11.8 Å². The van der Waals surface area contributed by atoms with Crippen LogP contribution in [0.5, 0.6) is 0 Å². The van der Waals surface area contributed by atoms with E-state index in [9.17, 15) is 9.50 Å². The molecule has 1 atom stereocenters. The summed E-state index contributed by atoms with van der Waals surface area (Å²) in [6.07, 6.45) is 4.58. The summed E-state index contributed by atoms with van der Waals surface area (Å²) in [6.45, 7) is 8.02. The van der Waals surface area contributed by atoms with E-state index < -0.39 is 11.4 Å². The zero-order chi connectivity index (χ0) is 16.5. The highest BCUT2D eigenvalue weighted by molar-refractivity contribution is 7.98. The molecule has 0 aliphatic carbocycles. The summed E-state index contributed by atoms with van der Waals surface area (Å²) < 4.78 is 14.3. The normalized spacial score (nSPS) is 14.7. The molecule has 0 bridgehead atoms. The van der Waals surface area contributed by atoms with Gasteiger partial charge in [-0.2, -0.15) is 0 Å². The summed E-state index contributed by atoms with van der Waals surface area (Å²) in [5.41, 5.74) is 0.755. The lowest BCUT2D eigenvalue weighted by atomic mass is 9.83. The molecule has 4 heteroatoms. The Kier molecular flexibility index (Phi) is 4.64. The molecule has 22 heavy (non-hydrogen) atoms. The summed E-state index contributed by atoms with van der Waals surface area (Å²) in [4.78, 5) is 4.51. The molecule has 0 saturated carbocycles. The number of rotatable bonds is 3. The van der Waals surface area contributed by atoms with Crippen molar-refractivity contribution in [1.29, 1.82) is 0 Å². The Labute approximate surface area is 135 Å². The quantitative estimate of drug-likeness (QED) is 0.846. The van der Waals surface area contributed by atoms with Gasteiger partial charge in [0.15, 0.2) is 0 Å². The van der Waals surface area contributed by atoms with Crippen molar-refractivity contribution in [3.05, 3.63) is 59.2 Å². The molecule has 0 radical (unpaired) electrons. The molecule has 1 heterocycles. The Morgan fingerprint density at radius 3 is 2.05 bits per heavy atom.